The van der Waals surface area contributed by atoms with E-state index in [1.807, 2.05) is 48.5 Å². The molecule has 4 aromatic rings. The number of carbonyl (C=O) groups is 2. The third-order valence-electron chi connectivity index (χ3n) is 7.04. The molecule has 2 atom stereocenters. The predicted octanol–water partition coefficient (Wildman–Crippen LogP) is 5.93. The highest BCUT2D eigenvalue weighted by Crippen LogP contribution is 2.24. The summed E-state index contributed by atoms with van der Waals surface area (Å²) in [5.74, 6) is -1.27. The van der Waals surface area contributed by atoms with E-state index in [2.05, 4.69) is 5.32 Å². The number of esters is 1. The number of benzene rings is 4. The van der Waals surface area contributed by atoms with Crippen molar-refractivity contribution in [1.82, 2.24) is 5.32 Å². The van der Waals surface area contributed by atoms with Crippen molar-refractivity contribution in [2.75, 3.05) is 6.61 Å². The minimum absolute atomic E-state index is 0.0313. The van der Waals surface area contributed by atoms with Gasteiger partial charge in [-0.2, -0.15) is 0 Å². The standard InChI is InChI=1S/C34H34FN3O3/c1-23(39)41-22-29(21-25-10-7-11-28(20-25)33(36)37)32(19-14-24-8-3-2-4-9-24)38-34(40)27-17-15-26(16-18-27)30-12-5-6-13-31(30)35/h2-13,15-18,20,29,32H,14,19,21-22H2,1H3,(H3,36,37)(H,38,40). The van der Waals surface area contributed by atoms with Gasteiger partial charge in [0.15, 0.2) is 0 Å². The first kappa shape index (κ1) is 29.2. The second-order valence-corrected chi connectivity index (χ2v) is 10.0. The second kappa shape index (κ2) is 14.0. The van der Waals surface area contributed by atoms with Gasteiger partial charge in [0.2, 0.25) is 0 Å². The van der Waals surface area contributed by atoms with Gasteiger partial charge in [0.1, 0.15) is 11.7 Å². The quantitative estimate of drug-likeness (QED) is 0.115. The average Bonchev–Trinajstić information content (AvgIpc) is 2.98. The van der Waals surface area contributed by atoms with E-state index in [1.165, 1.54) is 13.0 Å². The molecule has 0 fully saturated rings. The molecule has 1 amide bonds. The maximum Gasteiger partial charge on any atom is 0.302 e. The van der Waals surface area contributed by atoms with Gasteiger partial charge in [-0.3, -0.25) is 15.0 Å². The van der Waals surface area contributed by atoms with Crippen LogP contribution in [0.25, 0.3) is 11.1 Å². The van der Waals surface area contributed by atoms with Crippen LogP contribution in [-0.2, 0) is 22.4 Å². The van der Waals surface area contributed by atoms with E-state index in [4.69, 9.17) is 15.9 Å². The summed E-state index contributed by atoms with van der Waals surface area (Å²) in [5.41, 5.74) is 9.95. The zero-order chi connectivity index (χ0) is 29.2. The summed E-state index contributed by atoms with van der Waals surface area (Å²) < 4.78 is 19.7. The summed E-state index contributed by atoms with van der Waals surface area (Å²) >= 11 is 0. The fourth-order valence-corrected chi connectivity index (χ4v) is 4.85. The molecular weight excluding hydrogens is 517 g/mol. The van der Waals surface area contributed by atoms with Crippen molar-refractivity contribution in [1.29, 1.82) is 5.41 Å². The summed E-state index contributed by atoms with van der Waals surface area (Å²) in [5, 5.41) is 11.0. The molecule has 0 saturated carbocycles. The summed E-state index contributed by atoms with van der Waals surface area (Å²) in [6.45, 7) is 1.48. The lowest BCUT2D eigenvalue weighted by atomic mass is 9.88. The molecule has 0 heterocycles. The highest BCUT2D eigenvalue weighted by molar-refractivity contribution is 5.95. The molecule has 210 valence electrons. The fourth-order valence-electron chi connectivity index (χ4n) is 4.85. The van der Waals surface area contributed by atoms with Gasteiger partial charge in [0.25, 0.3) is 5.91 Å². The molecule has 0 aromatic heterocycles. The number of amides is 1. The lowest BCUT2D eigenvalue weighted by Crippen LogP contribution is -2.43. The first-order valence-corrected chi connectivity index (χ1v) is 13.6. The number of hydrogen-bond acceptors (Lipinski definition) is 4. The van der Waals surface area contributed by atoms with Crippen molar-refractivity contribution in [3.63, 3.8) is 0 Å². The molecule has 41 heavy (non-hydrogen) atoms. The number of nitrogens with one attached hydrogen (secondary N) is 2. The third-order valence-corrected chi connectivity index (χ3v) is 7.04. The monoisotopic (exact) mass is 551 g/mol. The zero-order valence-electron chi connectivity index (χ0n) is 23.0. The Bertz CT molecular complexity index is 1490. The van der Waals surface area contributed by atoms with Gasteiger partial charge in [-0.05, 0) is 60.2 Å². The number of nitrogens with two attached hydrogens (primary N) is 1. The third kappa shape index (κ3) is 8.35. The molecule has 0 radical (unpaired) electrons. The first-order chi connectivity index (χ1) is 19.8. The Kier molecular flexibility index (Phi) is 9.99. The molecule has 0 bridgehead atoms. The van der Waals surface area contributed by atoms with E-state index in [9.17, 15) is 14.0 Å². The largest absolute Gasteiger partial charge is 0.465 e. The van der Waals surface area contributed by atoms with Crippen LogP contribution in [0.1, 0.15) is 40.4 Å². The van der Waals surface area contributed by atoms with Crippen molar-refractivity contribution in [3.8, 4) is 11.1 Å². The van der Waals surface area contributed by atoms with Crippen LogP contribution in [0.4, 0.5) is 4.39 Å². The predicted molar refractivity (Wildman–Crippen MR) is 159 cm³/mol. The van der Waals surface area contributed by atoms with Gasteiger partial charge in [0.05, 0.1) is 6.61 Å². The Labute approximate surface area is 239 Å². The van der Waals surface area contributed by atoms with Crippen molar-refractivity contribution in [3.05, 3.63) is 131 Å². The number of aryl methyl sites for hydroxylation is 1. The van der Waals surface area contributed by atoms with E-state index >= 15 is 0 Å². The molecule has 0 aliphatic heterocycles. The molecule has 6 nitrogen and oxygen atoms in total. The number of hydrogen-bond donors (Lipinski definition) is 3. The molecular formula is C34H34FN3O3. The first-order valence-electron chi connectivity index (χ1n) is 13.6. The van der Waals surface area contributed by atoms with Gasteiger partial charge in [-0.15, -0.1) is 0 Å². The number of rotatable bonds is 12. The number of ether oxygens (including phenoxy) is 1. The van der Waals surface area contributed by atoms with Gasteiger partial charge >= 0.3 is 5.97 Å². The van der Waals surface area contributed by atoms with Crippen LogP contribution in [0.15, 0.2) is 103 Å². The van der Waals surface area contributed by atoms with Crippen LogP contribution < -0.4 is 11.1 Å². The zero-order valence-corrected chi connectivity index (χ0v) is 23.0. The summed E-state index contributed by atoms with van der Waals surface area (Å²) in [4.78, 5) is 25.3. The fraction of sp³-hybridized carbons (Fsp3) is 0.206. The molecule has 0 aliphatic carbocycles. The Morgan fingerprint density at radius 2 is 1.56 bits per heavy atom. The highest BCUT2D eigenvalue weighted by Gasteiger charge is 2.26. The lowest BCUT2D eigenvalue weighted by Gasteiger charge is -2.28. The number of halogens is 1. The maximum absolute atomic E-state index is 14.3. The molecule has 0 saturated heterocycles. The SMILES string of the molecule is CC(=O)OCC(Cc1cccc(C(=N)N)c1)C(CCc1ccccc1)NC(=O)c1ccc(-c2ccccc2F)cc1. The van der Waals surface area contributed by atoms with E-state index in [0.717, 1.165) is 11.1 Å². The highest BCUT2D eigenvalue weighted by atomic mass is 19.1. The van der Waals surface area contributed by atoms with E-state index in [-0.39, 0.29) is 36.1 Å². The van der Waals surface area contributed by atoms with E-state index < -0.39 is 5.97 Å². The summed E-state index contributed by atoms with van der Waals surface area (Å²) in [6.07, 6.45) is 1.82. The lowest BCUT2D eigenvalue weighted by molar-refractivity contribution is -0.142. The number of carbonyl (C=O) groups excluding carboxylic acids is 2. The van der Waals surface area contributed by atoms with Crippen molar-refractivity contribution < 1.29 is 18.7 Å². The van der Waals surface area contributed by atoms with Gasteiger partial charge in [-0.1, -0.05) is 78.9 Å². The maximum atomic E-state index is 14.3. The van der Waals surface area contributed by atoms with Crippen molar-refractivity contribution >= 4 is 17.7 Å². The van der Waals surface area contributed by atoms with Crippen molar-refractivity contribution in [2.24, 2.45) is 11.7 Å². The molecule has 4 aromatic carbocycles. The smallest absolute Gasteiger partial charge is 0.302 e. The number of nitrogen functional groups attached to an aromatic ring is 1. The minimum Gasteiger partial charge on any atom is -0.465 e. The van der Waals surface area contributed by atoms with Crippen LogP contribution in [0, 0.1) is 17.1 Å². The Morgan fingerprint density at radius 1 is 0.878 bits per heavy atom. The molecule has 2 unspecified atom stereocenters. The van der Waals surface area contributed by atoms with Gasteiger partial charge in [0, 0.05) is 35.6 Å². The van der Waals surface area contributed by atoms with Crippen LogP contribution in [0.3, 0.4) is 0 Å². The second-order valence-electron chi connectivity index (χ2n) is 10.0. The van der Waals surface area contributed by atoms with Crippen LogP contribution in [0.5, 0.6) is 0 Å². The summed E-state index contributed by atoms with van der Waals surface area (Å²) in [7, 11) is 0. The summed E-state index contributed by atoms with van der Waals surface area (Å²) in [6, 6.07) is 30.4. The molecule has 0 aliphatic rings. The molecule has 4 N–H and O–H groups in total. The molecule has 4 rings (SSSR count). The topological polar surface area (TPSA) is 105 Å². The van der Waals surface area contributed by atoms with Crippen LogP contribution in [-0.4, -0.2) is 30.4 Å². The van der Waals surface area contributed by atoms with E-state index in [0.29, 0.717) is 41.5 Å². The van der Waals surface area contributed by atoms with Gasteiger partial charge < -0.3 is 15.8 Å². The van der Waals surface area contributed by atoms with Crippen molar-refractivity contribution in [2.45, 2.75) is 32.2 Å². The average molecular weight is 552 g/mol. The van der Waals surface area contributed by atoms with Gasteiger partial charge in [-0.25, -0.2) is 4.39 Å². The number of amidine groups is 1. The Hall–Kier alpha value is -4.78. The minimum atomic E-state index is -0.399. The van der Waals surface area contributed by atoms with Crippen LogP contribution >= 0.6 is 0 Å². The Balaban J connectivity index is 1.59. The van der Waals surface area contributed by atoms with E-state index in [1.54, 1.807) is 48.5 Å². The normalized spacial score (nSPS) is 12.2. The molecule has 0 spiro atoms. The molecule has 7 heteroatoms. The van der Waals surface area contributed by atoms with Crippen LogP contribution in [0.2, 0.25) is 0 Å². The Morgan fingerprint density at radius 3 is 2.24 bits per heavy atom.